The van der Waals surface area contributed by atoms with Crippen LogP contribution in [0.25, 0.3) is 0 Å². The predicted octanol–water partition coefficient (Wildman–Crippen LogP) is 1.75. The zero-order chi connectivity index (χ0) is 14.6. The summed E-state index contributed by atoms with van der Waals surface area (Å²) in [6.07, 6.45) is 0. The monoisotopic (exact) mass is 263 g/mol. The summed E-state index contributed by atoms with van der Waals surface area (Å²) in [7, 11) is 1.75. The molecule has 5 nitrogen and oxygen atoms in total. The maximum absolute atomic E-state index is 11.9. The molecule has 19 heavy (non-hydrogen) atoms. The van der Waals surface area contributed by atoms with E-state index in [4.69, 9.17) is 5.73 Å². The van der Waals surface area contributed by atoms with Crippen molar-refractivity contribution < 1.29 is 9.59 Å². The molecule has 0 saturated carbocycles. The van der Waals surface area contributed by atoms with Gasteiger partial charge in [-0.15, -0.1) is 0 Å². The second-order valence-corrected chi connectivity index (χ2v) is 4.58. The van der Waals surface area contributed by atoms with Crippen LogP contribution in [0.15, 0.2) is 18.2 Å². The van der Waals surface area contributed by atoms with Crippen LogP contribution in [0.3, 0.4) is 0 Å². The molecule has 0 aliphatic carbocycles. The Balaban J connectivity index is 2.86. The van der Waals surface area contributed by atoms with Gasteiger partial charge in [-0.05, 0) is 39.0 Å². The van der Waals surface area contributed by atoms with E-state index in [1.807, 2.05) is 6.92 Å². The first-order valence-corrected chi connectivity index (χ1v) is 6.28. The average Bonchev–Trinajstić information content (AvgIpc) is 2.38. The first-order valence-electron chi connectivity index (χ1n) is 6.28. The number of nitrogen functional groups attached to an aromatic ring is 1. The fourth-order valence-electron chi connectivity index (χ4n) is 1.75. The molecule has 0 aromatic heterocycles. The largest absolute Gasteiger partial charge is 0.398 e. The van der Waals surface area contributed by atoms with Gasteiger partial charge >= 0.3 is 0 Å². The molecule has 0 fully saturated rings. The molecule has 1 atom stereocenters. The van der Waals surface area contributed by atoms with Gasteiger partial charge in [-0.25, -0.2) is 0 Å². The summed E-state index contributed by atoms with van der Waals surface area (Å²) < 4.78 is 0. The van der Waals surface area contributed by atoms with Gasteiger partial charge in [0.1, 0.15) is 6.04 Å². The van der Waals surface area contributed by atoms with Crippen LogP contribution in [-0.2, 0) is 4.79 Å². The number of benzene rings is 1. The fraction of sp³-hybridized carbons (Fsp3) is 0.429. The van der Waals surface area contributed by atoms with E-state index in [1.165, 1.54) is 6.92 Å². The number of nitrogens with two attached hydrogens (primary N) is 1. The molecule has 0 spiro atoms. The number of Topliss-reactive ketones (excluding diaryl/α,β-unsaturated/α-hetero) is 1. The first-order chi connectivity index (χ1) is 8.86. The Bertz CT molecular complexity index is 486. The third-order valence-corrected chi connectivity index (χ3v) is 3.04. The van der Waals surface area contributed by atoms with E-state index in [9.17, 15) is 9.59 Å². The lowest BCUT2D eigenvalue weighted by atomic mass is 10.1. The third-order valence-electron chi connectivity index (χ3n) is 3.04. The lowest BCUT2D eigenvalue weighted by molar-refractivity contribution is -0.130. The number of rotatable bonds is 5. The molecule has 1 amide bonds. The number of likely N-dealkylation sites (N-methyl/N-ethyl adjacent to an activating group) is 1. The van der Waals surface area contributed by atoms with Crippen molar-refractivity contribution in [3.8, 4) is 0 Å². The summed E-state index contributed by atoms with van der Waals surface area (Å²) in [6.45, 7) is 5.83. The lowest BCUT2D eigenvalue weighted by Crippen LogP contribution is -2.38. The maximum Gasteiger partial charge on any atom is 0.244 e. The molecule has 3 N–H and O–H groups in total. The third kappa shape index (κ3) is 3.71. The maximum atomic E-state index is 11.9. The second-order valence-electron chi connectivity index (χ2n) is 4.58. The van der Waals surface area contributed by atoms with Crippen LogP contribution in [0.5, 0.6) is 0 Å². The van der Waals surface area contributed by atoms with Crippen LogP contribution in [0.4, 0.5) is 11.4 Å². The summed E-state index contributed by atoms with van der Waals surface area (Å²) in [5.41, 5.74) is 7.35. The Hall–Kier alpha value is -2.04. The number of anilines is 2. The van der Waals surface area contributed by atoms with Gasteiger partial charge in [0.15, 0.2) is 5.78 Å². The van der Waals surface area contributed by atoms with Gasteiger partial charge in [0.25, 0.3) is 0 Å². The van der Waals surface area contributed by atoms with Crippen molar-refractivity contribution in [3.05, 3.63) is 23.8 Å². The number of nitrogens with zero attached hydrogens (tertiary/aromatic N) is 1. The van der Waals surface area contributed by atoms with Gasteiger partial charge in [-0.2, -0.15) is 0 Å². The Labute approximate surface area is 113 Å². The Kier molecular flexibility index (Phi) is 4.92. The topological polar surface area (TPSA) is 75.4 Å². The highest BCUT2D eigenvalue weighted by molar-refractivity contribution is 6.00. The standard InChI is InChI=1S/C14H21N3O2/c1-5-17(4)14(19)9(2)16-11-6-7-13(15)12(8-11)10(3)18/h6-9,16H,5,15H2,1-4H3. The number of amides is 1. The Morgan fingerprint density at radius 2 is 2.05 bits per heavy atom. The van der Waals surface area contributed by atoms with Crippen LogP contribution >= 0.6 is 0 Å². The lowest BCUT2D eigenvalue weighted by Gasteiger charge is -2.21. The van der Waals surface area contributed by atoms with Crippen molar-refractivity contribution in [3.63, 3.8) is 0 Å². The number of hydrogen-bond donors (Lipinski definition) is 2. The molecule has 1 unspecified atom stereocenters. The van der Waals surface area contributed by atoms with Gasteiger partial charge in [0.2, 0.25) is 5.91 Å². The Morgan fingerprint density at radius 3 is 2.58 bits per heavy atom. The molecule has 0 aliphatic heterocycles. The quantitative estimate of drug-likeness (QED) is 0.627. The van der Waals surface area contributed by atoms with Gasteiger partial charge in [-0.3, -0.25) is 9.59 Å². The van der Waals surface area contributed by atoms with Crippen LogP contribution < -0.4 is 11.1 Å². The number of ketones is 1. The van der Waals surface area contributed by atoms with Gasteiger partial charge in [0, 0.05) is 30.5 Å². The van der Waals surface area contributed by atoms with Crippen LogP contribution in [-0.4, -0.2) is 36.2 Å². The highest BCUT2D eigenvalue weighted by atomic mass is 16.2. The minimum atomic E-state index is -0.353. The average molecular weight is 263 g/mol. The molecule has 0 saturated heterocycles. The highest BCUT2D eigenvalue weighted by Crippen LogP contribution is 2.19. The summed E-state index contributed by atoms with van der Waals surface area (Å²) in [5.74, 6) is -0.0884. The van der Waals surface area contributed by atoms with Crippen molar-refractivity contribution in [1.82, 2.24) is 4.90 Å². The predicted molar refractivity (Wildman–Crippen MR) is 77.3 cm³/mol. The van der Waals surface area contributed by atoms with E-state index in [0.717, 1.165) is 0 Å². The highest BCUT2D eigenvalue weighted by Gasteiger charge is 2.16. The van der Waals surface area contributed by atoms with E-state index in [0.29, 0.717) is 23.5 Å². The van der Waals surface area contributed by atoms with Crippen molar-refractivity contribution in [2.75, 3.05) is 24.6 Å². The molecule has 0 heterocycles. The SMILES string of the molecule is CCN(C)C(=O)C(C)Nc1ccc(N)c(C(C)=O)c1. The van der Waals surface area contributed by atoms with Gasteiger partial charge in [0.05, 0.1) is 0 Å². The molecule has 1 rings (SSSR count). The first kappa shape index (κ1) is 15.0. The smallest absolute Gasteiger partial charge is 0.244 e. The molecule has 0 radical (unpaired) electrons. The molecule has 0 aliphatic rings. The van der Waals surface area contributed by atoms with Crippen LogP contribution in [0.1, 0.15) is 31.1 Å². The van der Waals surface area contributed by atoms with Crippen molar-refractivity contribution >= 4 is 23.1 Å². The van der Waals surface area contributed by atoms with Crippen molar-refractivity contribution in [2.45, 2.75) is 26.8 Å². The second kappa shape index (κ2) is 6.22. The van der Waals surface area contributed by atoms with Gasteiger partial charge < -0.3 is 16.0 Å². The molecule has 5 heteroatoms. The minimum Gasteiger partial charge on any atom is -0.398 e. The molecule has 0 bridgehead atoms. The van der Waals surface area contributed by atoms with Crippen LogP contribution in [0, 0.1) is 0 Å². The molecule has 1 aromatic rings. The zero-order valence-corrected chi connectivity index (χ0v) is 11.9. The molecular formula is C14H21N3O2. The normalized spacial score (nSPS) is 11.8. The zero-order valence-electron chi connectivity index (χ0n) is 11.9. The van der Waals surface area contributed by atoms with Crippen LogP contribution in [0.2, 0.25) is 0 Å². The van der Waals surface area contributed by atoms with E-state index in [-0.39, 0.29) is 17.7 Å². The van der Waals surface area contributed by atoms with E-state index in [1.54, 1.807) is 37.1 Å². The minimum absolute atomic E-state index is 0.00343. The summed E-state index contributed by atoms with van der Waals surface area (Å²) in [4.78, 5) is 25.0. The van der Waals surface area contributed by atoms with Crippen molar-refractivity contribution in [1.29, 1.82) is 0 Å². The number of nitrogens with one attached hydrogen (secondary N) is 1. The van der Waals surface area contributed by atoms with E-state index < -0.39 is 0 Å². The molecule has 104 valence electrons. The van der Waals surface area contributed by atoms with E-state index >= 15 is 0 Å². The Morgan fingerprint density at radius 1 is 1.42 bits per heavy atom. The van der Waals surface area contributed by atoms with E-state index in [2.05, 4.69) is 5.32 Å². The fourth-order valence-corrected chi connectivity index (χ4v) is 1.75. The van der Waals surface area contributed by atoms with Gasteiger partial charge in [-0.1, -0.05) is 0 Å². The number of carbonyl (C=O) groups excluding carboxylic acids is 2. The number of hydrogen-bond acceptors (Lipinski definition) is 4. The molecular weight excluding hydrogens is 242 g/mol. The summed E-state index contributed by atoms with van der Waals surface area (Å²) in [6, 6.07) is 4.75. The number of carbonyl (C=O) groups is 2. The summed E-state index contributed by atoms with van der Waals surface area (Å²) >= 11 is 0. The summed E-state index contributed by atoms with van der Waals surface area (Å²) in [5, 5.41) is 3.08. The van der Waals surface area contributed by atoms with Crippen molar-refractivity contribution in [2.24, 2.45) is 0 Å². The molecule has 1 aromatic carbocycles.